The van der Waals surface area contributed by atoms with Gasteiger partial charge in [0.25, 0.3) is 5.69 Å². The summed E-state index contributed by atoms with van der Waals surface area (Å²) in [6, 6.07) is 6.46. The van der Waals surface area contributed by atoms with Crippen LogP contribution in [-0.4, -0.2) is 32.7 Å². The van der Waals surface area contributed by atoms with Crippen LogP contribution >= 0.6 is 23.2 Å². The molecule has 1 N–H and O–H groups in total. The average molecular weight is 463 g/mol. The molecule has 0 radical (unpaired) electrons. The molecular weight excluding hydrogens is 447 g/mol. The van der Waals surface area contributed by atoms with E-state index in [1.165, 1.54) is 25.1 Å². The Balaban J connectivity index is 2.68. The van der Waals surface area contributed by atoms with Gasteiger partial charge in [0.05, 0.1) is 41.0 Å². The van der Waals surface area contributed by atoms with E-state index in [1.54, 1.807) is 0 Å². The Kier molecular flexibility index (Phi) is 6.93. The van der Waals surface area contributed by atoms with Crippen molar-refractivity contribution < 1.29 is 27.6 Å². The molecule has 0 saturated carbocycles. The fraction of sp³-hybridized carbons (Fsp3) is 0.235. The van der Waals surface area contributed by atoms with Crippen molar-refractivity contribution in [3.63, 3.8) is 0 Å². The first-order chi connectivity index (χ1) is 13.4. The Morgan fingerprint density at radius 2 is 1.86 bits per heavy atom. The zero-order valence-electron chi connectivity index (χ0n) is 15.4. The van der Waals surface area contributed by atoms with Gasteiger partial charge in [0.2, 0.25) is 10.0 Å². The second-order valence-electron chi connectivity index (χ2n) is 5.96. The summed E-state index contributed by atoms with van der Waals surface area (Å²) in [7, 11) is -2.64. The van der Waals surface area contributed by atoms with E-state index < -0.39 is 32.5 Å². The zero-order valence-corrected chi connectivity index (χ0v) is 17.8. The van der Waals surface area contributed by atoms with Crippen molar-refractivity contribution in [2.45, 2.75) is 12.8 Å². The van der Waals surface area contributed by atoms with Gasteiger partial charge in [0, 0.05) is 10.6 Å². The van der Waals surface area contributed by atoms with Crippen molar-refractivity contribution in [1.29, 1.82) is 0 Å². The first kappa shape index (κ1) is 22.7. The van der Waals surface area contributed by atoms with Crippen molar-refractivity contribution in [3.8, 4) is 11.5 Å². The van der Waals surface area contributed by atoms with Crippen LogP contribution in [0.15, 0.2) is 30.3 Å². The summed E-state index contributed by atoms with van der Waals surface area (Å²) in [5.41, 5.74) is -0.626. The molecule has 156 valence electrons. The first-order valence-electron chi connectivity index (χ1n) is 7.93. The highest BCUT2D eigenvalue weighted by molar-refractivity contribution is 7.92. The molecule has 1 atom stereocenters. The Morgan fingerprint density at radius 3 is 2.38 bits per heavy atom. The monoisotopic (exact) mass is 462 g/mol. The maximum absolute atomic E-state index is 11.9. The molecule has 0 saturated heterocycles. The summed E-state index contributed by atoms with van der Waals surface area (Å²) in [4.78, 5) is 22.7. The third kappa shape index (κ3) is 5.72. The summed E-state index contributed by atoms with van der Waals surface area (Å²) in [6.07, 6.45) is 0.900. The molecule has 0 heterocycles. The number of hydrogen-bond acceptors (Lipinski definition) is 7. The van der Waals surface area contributed by atoms with Crippen molar-refractivity contribution in [2.24, 2.45) is 0 Å². The van der Waals surface area contributed by atoms with Gasteiger partial charge in [0.1, 0.15) is 5.75 Å². The largest absolute Gasteiger partial charge is 0.469 e. The molecule has 1 unspecified atom stereocenters. The molecule has 0 bridgehead atoms. The van der Waals surface area contributed by atoms with Crippen molar-refractivity contribution in [3.05, 3.63) is 56.1 Å². The van der Waals surface area contributed by atoms with Crippen LogP contribution < -0.4 is 9.46 Å². The Morgan fingerprint density at radius 1 is 1.21 bits per heavy atom. The smallest absolute Gasteiger partial charge is 0.313 e. The van der Waals surface area contributed by atoms with E-state index in [2.05, 4.69) is 9.46 Å². The van der Waals surface area contributed by atoms with Crippen LogP contribution in [0.25, 0.3) is 0 Å². The number of hydrogen-bond donors (Lipinski definition) is 1. The molecule has 29 heavy (non-hydrogen) atoms. The number of carbonyl (C=O) groups excluding carboxylic acids is 1. The number of nitrogens with one attached hydrogen (secondary N) is 1. The van der Waals surface area contributed by atoms with Crippen LogP contribution in [0.4, 0.5) is 11.4 Å². The van der Waals surface area contributed by atoms with Gasteiger partial charge in [-0.05, 0) is 31.2 Å². The molecule has 12 heteroatoms. The van der Waals surface area contributed by atoms with E-state index >= 15 is 0 Å². The molecule has 9 nitrogen and oxygen atoms in total. The number of anilines is 1. The molecule has 0 aliphatic heterocycles. The SMILES string of the molecule is COC(=O)C(C)c1cc(NS(C)(=O)=O)c(Oc2ccc(Cl)cc2Cl)cc1[N+](=O)[O-]. The summed E-state index contributed by atoms with van der Waals surface area (Å²) >= 11 is 11.9. The third-order valence-corrected chi connectivity index (χ3v) is 4.88. The molecule has 2 aromatic carbocycles. The molecular formula is C17H16Cl2N2O7S. The first-order valence-corrected chi connectivity index (χ1v) is 10.6. The molecule has 0 aromatic heterocycles. The van der Waals surface area contributed by atoms with E-state index in [-0.39, 0.29) is 27.8 Å². The fourth-order valence-corrected chi connectivity index (χ4v) is 3.44. The number of ether oxygens (including phenoxy) is 2. The van der Waals surface area contributed by atoms with E-state index in [0.29, 0.717) is 5.02 Å². The molecule has 2 aromatic rings. The second-order valence-corrected chi connectivity index (χ2v) is 8.55. The van der Waals surface area contributed by atoms with E-state index in [1.807, 2.05) is 0 Å². The normalized spacial score (nSPS) is 12.2. The van der Waals surface area contributed by atoms with Gasteiger partial charge in [-0.3, -0.25) is 19.6 Å². The van der Waals surface area contributed by atoms with Gasteiger partial charge >= 0.3 is 5.97 Å². The van der Waals surface area contributed by atoms with Crippen LogP contribution in [-0.2, 0) is 19.6 Å². The maximum Gasteiger partial charge on any atom is 0.313 e. The number of methoxy groups -OCH3 is 1. The van der Waals surface area contributed by atoms with Gasteiger partial charge in [0.15, 0.2) is 5.75 Å². The van der Waals surface area contributed by atoms with Crippen molar-refractivity contribution in [1.82, 2.24) is 0 Å². The maximum atomic E-state index is 11.9. The lowest BCUT2D eigenvalue weighted by Crippen LogP contribution is -2.15. The van der Waals surface area contributed by atoms with Gasteiger partial charge < -0.3 is 9.47 Å². The highest BCUT2D eigenvalue weighted by Gasteiger charge is 2.28. The van der Waals surface area contributed by atoms with Crippen LogP contribution in [0, 0.1) is 10.1 Å². The average Bonchev–Trinajstić information content (AvgIpc) is 2.62. The third-order valence-electron chi connectivity index (χ3n) is 3.76. The fourth-order valence-electron chi connectivity index (χ4n) is 2.43. The highest BCUT2D eigenvalue weighted by Crippen LogP contribution is 2.41. The number of nitro groups is 1. The lowest BCUT2D eigenvalue weighted by molar-refractivity contribution is -0.385. The van der Waals surface area contributed by atoms with Gasteiger partial charge in [-0.1, -0.05) is 23.2 Å². The molecule has 0 amide bonds. The number of nitro benzene ring substituents is 1. The number of sulfonamides is 1. The van der Waals surface area contributed by atoms with Crippen molar-refractivity contribution in [2.75, 3.05) is 18.1 Å². The standard InChI is InChI=1S/C17H16Cl2N2O7S/c1-9(17(22)27-2)11-7-13(20-29(3,25)26)16(8-14(11)21(23)24)28-15-5-4-10(18)6-12(15)19/h4-9,20H,1-3H3. The number of rotatable bonds is 7. The molecule has 0 fully saturated rings. The summed E-state index contributed by atoms with van der Waals surface area (Å²) in [5, 5.41) is 12.0. The second kappa shape index (κ2) is 8.85. The minimum absolute atomic E-state index is 0.0532. The summed E-state index contributed by atoms with van der Waals surface area (Å²) < 4.78 is 36.0. The Labute approximate surface area is 176 Å². The van der Waals surface area contributed by atoms with Crippen molar-refractivity contribution >= 4 is 50.6 Å². The summed E-state index contributed by atoms with van der Waals surface area (Å²) in [6.45, 7) is 1.40. The van der Waals surface area contributed by atoms with E-state index in [4.69, 9.17) is 27.9 Å². The Hall–Kier alpha value is -2.56. The van der Waals surface area contributed by atoms with E-state index in [0.717, 1.165) is 25.5 Å². The van der Waals surface area contributed by atoms with Crippen LogP contribution in [0.3, 0.4) is 0 Å². The molecule has 0 aliphatic carbocycles. The van der Waals surface area contributed by atoms with E-state index in [9.17, 15) is 23.3 Å². The number of carbonyl (C=O) groups is 1. The summed E-state index contributed by atoms with van der Waals surface area (Å²) in [5.74, 6) is -1.86. The Bertz CT molecular complexity index is 1070. The lowest BCUT2D eigenvalue weighted by atomic mass is 9.98. The van der Waals surface area contributed by atoms with Crippen LogP contribution in [0.1, 0.15) is 18.4 Å². The zero-order chi connectivity index (χ0) is 21.9. The number of benzene rings is 2. The molecule has 0 aliphatic rings. The minimum atomic E-state index is -3.78. The van der Waals surface area contributed by atoms with Crippen LogP contribution in [0.2, 0.25) is 10.0 Å². The van der Waals surface area contributed by atoms with Crippen LogP contribution in [0.5, 0.6) is 11.5 Å². The van der Waals surface area contributed by atoms with Gasteiger partial charge in [-0.2, -0.15) is 0 Å². The predicted molar refractivity (Wildman–Crippen MR) is 109 cm³/mol. The minimum Gasteiger partial charge on any atom is -0.469 e. The van der Waals surface area contributed by atoms with Gasteiger partial charge in [-0.25, -0.2) is 8.42 Å². The molecule has 2 rings (SSSR count). The number of halogens is 2. The number of esters is 1. The molecule has 0 spiro atoms. The van der Waals surface area contributed by atoms with Gasteiger partial charge in [-0.15, -0.1) is 0 Å². The topological polar surface area (TPSA) is 125 Å². The lowest BCUT2D eigenvalue weighted by Gasteiger charge is -2.17. The highest BCUT2D eigenvalue weighted by atomic mass is 35.5. The quantitative estimate of drug-likeness (QED) is 0.368. The predicted octanol–water partition coefficient (Wildman–Crippen LogP) is 4.34. The number of nitrogens with zero attached hydrogens (tertiary/aromatic N) is 1.